The highest BCUT2D eigenvalue weighted by atomic mass is 32.2. The van der Waals surface area contributed by atoms with E-state index in [1.165, 1.54) is 17.4 Å². The lowest BCUT2D eigenvalue weighted by atomic mass is 10.2. The maximum atomic E-state index is 12.5. The number of rotatable bonds is 4. The molecule has 2 aromatic heterocycles. The molecule has 1 aromatic carbocycles. The number of alkyl halides is 3. The highest BCUT2D eigenvalue weighted by Gasteiger charge is 2.30. The molecule has 0 bridgehead atoms. The van der Waals surface area contributed by atoms with E-state index in [1.807, 2.05) is 30.3 Å². The Morgan fingerprint density at radius 1 is 1.23 bits per heavy atom. The first-order chi connectivity index (χ1) is 12.4. The fourth-order valence-corrected chi connectivity index (χ4v) is 3.77. The van der Waals surface area contributed by atoms with E-state index < -0.39 is 11.7 Å². The van der Waals surface area contributed by atoms with Crippen molar-refractivity contribution in [2.75, 3.05) is 5.75 Å². The molecule has 3 aromatic rings. The minimum Gasteiger partial charge on any atom is -0.510 e. The van der Waals surface area contributed by atoms with Crippen molar-refractivity contribution in [3.63, 3.8) is 0 Å². The summed E-state index contributed by atoms with van der Waals surface area (Å²) in [6.45, 7) is 0. The van der Waals surface area contributed by atoms with Gasteiger partial charge in [0, 0.05) is 6.20 Å². The van der Waals surface area contributed by atoms with Gasteiger partial charge in [-0.2, -0.15) is 18.4 Å². The molecule has 0 radical (unpaired) electrons. The summed E-state index contributed by atoms with van der Waals surface area (Å²) in [7, 11) is 0. The quantitative estimate of drug-likeness (QED) is 0.370. The van der Waals surface area contributed by atoms with Crippen molar-refractivity contribution >= 4 is 38.9 Å². The molecule has 0 fully saturated rings. The van der Waals surface area contributed by atoms with Gasteiger partial charge in [0.15, 0.2) is 0 Å². The minimum atomic E-state index is -4.45. The van der Waals surface area contributed by atoms with Crippen LogP contribution in [0.25, 0.3) is 15.8 Å². The first-order valence-corrected chi connectivity index (χ1v) is 9.03. The number of hydrogen-bond acceptors (Lipinski definition) is 6. The van der Waals surface area contributed by atoms with E-state index in [-0.39, 0.29) is 17.1 Å². The Hall–Kier alpha value is -2.57. The lowest BCUT2D eigenvalue weighted by molar-refractivity contribution is -0.137. The number of pyridine rings is 1. The second kappa shape index (κ2) is 7.35. The molecule has 0 saturated heterocycles. The summed E-state index contributed by atoms with van der Waals surface area (Å²) in [4.78, 5) is 8.05. The Bertz CT molecular complexity index is 972. The topological polar surface area (TPSA) is 69.8 Å². The van der Waals surface area contributed by atoms with Crippen LogP contribution in [0.2, 0.25) is 0 Å². The van der Waals surface area contributed by atoms with Crippen LogP contribution in [0.1, 0.15) is 10.6 Å². The van der Waals surface area contributed by atoms with Gasteiger partial charge >= 0.3 is 6.18 Å². The number of benzene rings is 1. The highest BCUT2D eigenvalue weighted by Crippen LogP contribution is 2.31. The van der Waals surface area contributed by atoms with Gasteiger partial charge in [-0.1, -0.05) is 23.9 Å². The SMILES string of the molecule is N#C/C(=C(/O)CSc1ccc(C(F)(F)F)cn1)c1nc2ccccc2s1. The summed E-state index contributed by atoms with van der Waals surface area (Å²) in [5.74, 6) is -0.199. The lowest BCUT2D eigenvalue weighted by Crippen LogP contribution is -2.05. The number of nitriles is 1. The number of aliphatic hydroxyl groups excluding tert-OH is 1. The predicted octanol–water partition coefficient (Wildman–Crippen LogP) is 5.30. The number of nitrogens with zero attached hydrogens (tertiary/aromatic N) is 3. The number of halogens is 3. The zero-order chi connectivity index (χ0) is 18.7. The molecule has 0 unspecified atom stereocenters. The van der Waals surface area contributed by atoms with E-state index in [2.05, 4.69) is 9.97 Å². The summed E-state index contributed by atoms with van der Waals surface area (Å²) in [5.41, 5.74) is -0.0653. The van der Waals surface area contributed by atoms with Gasteiger partial charge in [0.2, 0.25) is 0 Å². The number of aromatic nitrogens is 2. The Balaban J connectivity index is 1.78. The van der Waals surface area contributed by atoms with Gasteiger partial charge in [0.05, 0.1) is 26.6 Å². The van der Waals surface area contributed by atoms with Gasteiger partial charge < -0.3 is 5.11 Å². The maximum absolute atomic E-state index is 12.5. The normalized spacial score (nSPS) is 12.7. The number of aliphatic hydroxyl groups is 1. The Morgan fingerprint density at radius 2 is 2.00 bits per heavy atom. The molecule has 0 saturated carbocycles. The Kier molecular flexibility index (Phi) is 5.15. The standard InChI is InChI=1S/C17H10F3N3OS2/c18-17(19,20)10-5-6-15(22-8-10)25-9-13(24)11(7-21)16-23-12-3-1-2-4-14(12)26-16/h1-6,8,24H,9H2/b13-11-. The van der Waals surface area contributed by atoms with Crippen LogP contribution >= 0.6 is 23.1 Å². The van der Waals surface area contributed by atoms with Crippen LogP contribution in [0.5, 0.6) is 0 Å². The third-order valence-corrected chi connectivity index (χ3v) is 5.34. The van der Waals surface area contributed by atoms with Crippen molar-refractivity contribution in [1.82, 2.24) is 9.97 Å². The van der Waals surface area contributed by atoms with E-state index in [0.29, 0.717) is 10.0 Å². The lowest BCUT2D eigenvalue weighted by Gasteiger charge is -2.06. The van der Waals surface area contributed by atoms with Crippen LogP contribution in [0.4, 0.5) is 13.2 Å². The van der Waals surface area contributed by atoms with Crippen molar-refractivity contribution in [1.29, 1.82) is 5.26 Å². The molecule has 9 heteroatoms. The molecule has 26 heavy (non-hydrogen) atoms. The number of thioether (sulfide) groups is 1. The fraction of sp³-hybridized carbons (Fsp3) is 0.118. The van der Waals surface area contributed by atoms with Crippen molar-refractivity contribution < 1.29 is 18.3 Å². The second-order valence-electron chi connectivity index (χ2n) is 5.09. The summed E-state index contributed by atoms with van der Waals surface area (Å²) >= 11 is 2.32. The molecule has 0 amide bonds. The first-order valence-electron chi connectivity index (χ1n) is 7.22. The molecular weight excluding hydrogens is 383 g/mol. The van der Waals surface area contributed by atoms with E-state index in [9.17, 15) is 23.5 Å². The van der Waals surface area contributed by atoms with Crippen LogP contribution in [-0.4, -0.2) is 20.8 Å². The molecular formula is C17H10F3N3OS2. The van der Waals surface area contributed by atoms with E-state index >= 15 is 0 Å². The van der Waals surface area contributed by atoms with Gasteiger partial charge in [-0.25, -0.2) is 9.97 Å². The molecule has 0 aliphatic rings. The van der Waals surface area contributed by atoms with E-state index in [1.54, 1.807) is 0 Å². The zero-order valence-electron chi connectivity index (χ0n) is 13.0. The fourth-order valence-electron chi connectivity index (χ4n) is 2.06. The smallest absolute Gasteiger partial charge is 0.417 e. The number of hydrogen-bond donors (Lipinski definition) is 1. The predicted molar refractivity (Wildman–Crippen MR) is 94.7 cm³/mol. The van der Waals surface area contributed by atoms with Crippen molar-refractivity contribution in [2.45, 2.75) is 11.2 Å². The van der Waals surface area contributed by atoms with Gasteiger partial charge in [-0.05, 0) is 24.3 Å². The number of para-hydroxylation sites is 1. The molecule has 1 N–H and O–H groups in total. The summed E-state index contributed by atoms with van der Waals surface area (Å²) in [5, 5.41) is 20.3. The molecule has 132 valence electrons. The molecule has 3 rings (SSSR count). The average Bonchev–Trinajstić information content (AvgIpc) is 3.03. The Morgan fingerprint density at radius 3 is 2.62 bits per heavy atom. The van der Waals surface area contributed by atoms with Gasteiger partial charge in [-0.15, -0.1) is 11.3 Å². The highest BCUT2D eigenvalue weighted by molar-refractivity contribution is 7.99. The summed E-state index contributed by atoms with van der Waals surface area (Å²) in [6.07, 6.45) is -3.71. The summed E-state index contributed by atoms with van der Waals surface area (Å²) < 4.78 is 38.5. The van der Waals surface area contributed by atoms with Crippen molar-refractivity contribution in [2.24, 2.45) is 0 Å². The Labute approximate surface area is 154 Å². The zero-order valence-corrected chi connectivity index (χ0v) is 14.6. The van der Waals surface area contributed by atoms with Crippen LogP contribution in [0.3, 0.4) is 0 Å². The van der Waals surface area contributed by atoms with Crippen LogP contribution in [0, 0.1) is 11.3 Å². The van der Waals surface area contributed by atoms with Crippen LogP contribution in [-0.2, 0) is 6.18 Å². The van der Waals surface area contributed by atoms with Crippen molar-refractivity contribution in [3.8, 4) is 6.07 Å². The first kappa shape index (κ1) is 18.2. The van der Waals surface area contributed by atoms with Crippen molar-refractivity contribution in [3.05, 3.63) is 58.9 Å². The molecule has 4 nitrogen and oxygen atoms in total. The van der Waals surface area contributed by atoms with Gasteiger partial charge in [0.1, 0.15) is 22.4 Å². The van der Waals surface area contributed by atoms with E-state index in [0.717, 1.165) is 34.2 Å². The van der Waals surface area contributed by atoms with Crippen LogP contribution < -0.4 is 0 Å². The molecule has 2 heterocycles. The van der Waals surface area contributed by atoms with Gasteiger partial charge in [-0.3, -0.25) is 0 Å². The molecule has 0 aliphatic heterocycles. The second-order valence-corrected chi connectivity index (χ2v) is 7.12. The minimum absolute atomic E-state index is 0.00279. The molecule has 0 spiro atoms. The number of fused-ring (bicyclic) bond motifs is 1. The number of thiazole rings is 1. The molecule has 0 atom stereocenters. The third kappa shape index (κ3) is 3.98. The number of allylic oxidation sites excluding steroid dienone is 1. The monoisotopic (exact) mass is 393 g/mol. The molecule has 0 aliphatic carbocycles. The third-order valence-electron chi connectivity index (χ3n) is 3.33. The van der Waals surface area contributed by atoms with Gasteiger partial charge in [0.25, 0.3) is 0 Å². The van der Waals surface area contributed by atoms with E-state index in [4.69, 9.17) is 0 Å². The largest absolute Gasteiger partial charge is 0.510 e. The average molecular weight is 393 g/mol. The summed E-state index contributed by atoms with van der Waals surface area (Å²) in [6, 6.07) is 11.4. The van der Waals surface area contributed by atoms with Crippen LogP contribution in [0.15, 0.2) is 53.4 Å². The maximum Gasteiger partial charge on any atom is 0.417 e.